The quantitative estimate of drug-likeness (QED) is 0.704. The van der Waals surface area contributed by atoms with Gasteiger partial charge < -0.3 is 10.2 Å². The van der Waals surface area contributed by atoms with Gasteiger partial charge in [0.15, 0.2) is 0 Å². The molecule has 0 saturated heterocycles. The molecule has 0 bridgehead atoms. The molecule has 0 aliphatic carbocycles. The van der Waals surface area contributed by atoms with E-state index in [1.807, 2.05) is 4.90 Å². The second-order valence-corrected chi connectivity index (χ2v) is 7.15. The van der Waals surface area contributed by atoms with Crippen LogP contribution in [0.15, 0.2) is 6.07 Å². The van der Waals surface area contributed by atoms with Crippen molar-refractivity contribution < 1.29 is 18.6 Å². The number of aliphatic hydroxyl groups is 2. The summed E-state index contributed by atoms with van der Waals surface area (Å²) in [6, 6.07) is 1.76. The Balaban J connectivity index is 2.01. The van der Waals surface area contributed by atoms with Gasteiger partial charge in [0.25, 0.3) is 0 Å². The molecule has 2 N–H and O–H groups in total. The summed E-state index contributed by atoms with van der Waals surface area (Å²) < 4.78 is 24.1. The zero-order valence-electron chi connectivity index (χ0n) is 10.9. The van der Waals surface area contributed by atoms with Crippen LogP contribution in [-0.2, 0) is 22.9 Å². The number of aliphatic hydroxyl groups excluding tert-OH is 2. The SMILES string of the molecule is CS(=O)(=O)CCN1CCn2nc([C@H](O)CO)cc2C1. The Labute approximate surface area is 112 Å². The van der Waals surface area contributed by atoms with Crippen LogP contribution in [0.5, 0.6) is 0 Å². The number of hydrogen-bond acceptors (Lipinski definition) is 6. The molecule has 2 rings (SSSR count). The summed E-state index contributed by atoms with van der Waals surface area (Å²) in [5.74, 6) is 0.146. The highest BCUT2D eigenvalue weighted by molar-refractivity contribution is 7.90. The molecule has 0 saturated carbocycles. The topological polar surface area (TPSA) is 95.7 Å². The summed E-state index contributed by atoms with van der Waals surface area (Å²) in [5.41, 5.74) is 1.39. The van der Waals surface area contributed by atoms with Crippen LogP contribution in [0, 0.1) is 0 Å². The van der Waals surface area contributed by atoms with Crippen molar-refractivity contribution in [3.63, 3.8) is 0 Å². The first-order valence-electron chi connectivity index (χ1n) is 6.14. The zero-order valence-corrected chi connectivity index (χ0v) is 11.7. The molecular weight excluding hydrogens is 270 g/mol. The number of sulfone groups is 1. The summed E-state index contributed by atoms with van der Waals surface area (Å²) in [6.45, 7) is 2.16. The van der Waals surface area contributed by atoms with Crippen molar-refractivity contribution in [2.75, 3.05) is 31.7 Å². The number of aromatic nitrogens is 2. The molecule has 1 aliphatic rings. The van der Waals surface area contributed by atoms with E-state index in [4.69, 9.17) is 5.11 Å². The highest BCUT2D eigenvalue weighted by atomic mass is 32.2. The van der Waals surface area contributed by atoms with E-state index in [0.29, 0.717) is 25.3 Å². The lowest BCUT2D eigenvalue weighted by Gasteiger charge is -2.27. The Morgan fingerprint density at radius 2 is 2.21 bits per heavy atom. The monoisotopic (exact) mass is 289 g/mol. The molecule has 7 nitrogen and oxygen atoms in total. The van der Waals surface area contributed by atoms with Gasteiger partial charge in [0, 0.05) is 25.9 Å². The van der Waals surface area contributed by atoms with Gasteiger partial charge in [-0.15, -0.1) is 0 Å². The first-order chi connectivity index (χ1) is 8.89. The Morgan fingerprint density at radius 1 is 1.47 bits per heavy atom. The van der Waals surface area contributed by atoms with Crippen molar-refractivity contribution in [1.29, 1.82) is 0 Å². The van der Waals surface area contributed by atoms with Crippen LogP contribution < -0.4 is 0 Å². The van der Waals surface area contributed by atoms with Gasteiger partial charge >= 0.3 is 0 Å². The Kier molecular flexibility index (Phi) is 4.24. The van der Waals surface area contributed by atoms with Crippen molar-refractivity contribution in [1.82, 2.24) is 14.7 Å². The average molecular weight is 289 g/mol. The first kappa shape index (κ1) is 14.4. The van der Waals surface area contributed by atoms with Crippen molar-refractivity contribution in [3.05, 3.63) is 17.5 Å². The zero-order chi connectivity index (χ0) is 14.0. The smallest absolute Gasteiger partial charge is 0.148 e. The molecule has 0 radical (unpaired) electrons. The lowest BCUT2D eigenvalue weighted by molar-refractivity contribution is 0.0915. The fraction of sp³-hybridized carbons (Fsp3) is 0.727. The standard InChI is InChI=1S/C11H19N3O4S/c1-19(17,18)5-4-13-2-3-14-9(7-13)6-10(12-14)11(16)8-15/h6,11,15-16H,2-5,7-8H2,1H3/t11-/m1/s1. The minimum absolute atomic E-state index is 0.146. The van der Waals surface area contributed by atoms with E-state index in [1.54, 1.807) is 10.7 Å². The van der Waals surface area contributed by atoms with E-state index in [2.05, 4.69) is 5.10 Å². The van der Waals surface area contributed by atoms with E-state index in [0.717, 1.165) is 12.2 Å². The summed E-state index contributed by atoms with van der Waals surface area (Å²) in [6.07, 6.45) is 0.277. The van der Waals surface area contributed by atoms with Gasteiger partial charge in [-0.2, -0.15) is 5.10 Å². The molecule has 1 aliphatic heterocycles. The number of fused-ring (bicyclic) bond motifs is 1. The molecule has 0 unspecified atom stereocenters. The molecule has 0 amide bonds. The maximum atomic E-state index is 11.1. The van der Waals surface area contributed by atoms with E-state index in [9.17, 15) is 13.5 Å². The van der Waals surface area contributed by atoms with Crippen LogP contribution in [0.25, 0.3) is 0 Å². The summed E-state index contributed by atoms with van der Waals surface area (Å²) in [7, 11) is -2.95. The van der Waals surface area contributed by atoms with Crippen molar-refractivity contribution in [2.24, 2.45) is 0 Å². The van der Waals surface area contributed by atoms with Gasteiger partial charge in [0.2, 0.25) is 0 Å². The molecule has 0 spiro atoms. The Bertz CT molecular complexity index is 540. The molecule has 0 fully saturated rings. The second kappa shape index (κ2) is 5.58. The van der Waals surface area contributed by atoms with E-state index in [-0.39, 0.29) is 12.4 Å². The third-order valence-electron chi connectivity index (χ3n) is 3.19. The highest BCUT2D eigenvalue weighted by Crippen LogP contribution is 2.17. The largest absolute Gasteiger partial charge is 0.393 e. The predicted octanol–water partition coefficient (Wildman–Crippen LogP) is -1.23. The number of nitrogens with zero attached hydrogens (tertiary/aromatic N) is 3. The summed E-state index contributed by atoms with van der Waals surface area (Å²) in [5, 5.41) is 22.7. The lowest BCUT2D eigenvalue weighted by Crippen LogP contribution is -2.36. The molecule has 1 atom stereocenters. The fourth-order valence-corrected chi connectivity index (χ4v) is 2.67. The molecule has 108 valence electrons. The van der Waals surface area contributed by atoms with Crippen molar-refractivity contribution in [3.8, 4) is 0 Å². The van der Waals surface area contributed by atoms with Gasteiger partial charge in [-0.05, 0) is 6.07 Å². The third kappa shape index (κ3) is 3.75. The van der Waals surface area contributed by atoms with Crippen LogP contribution in [0.2, 0.25) is 0 Å². The summed E-state index contributed by atoms with van der Waals surface area (Å²) in [4.78, 5) is 2.05. The number of hydrogen-bond donors (Lipinski definition) is 2. The lowest BCUT2D eigenvalue weighted by atomic mass is 10.2. The van der Waals surface area contributed by atoms with Gasteiger partial charge in [-0.1, -0.05) is 0 Å². The molecular formula is C11H19N3O4S. The minimum Gasteiger partial charge on any atom is -0.393 e. The third-order valence-corrected chi connectivity index (χ3v) is 4.11. The van der Waals surface area contributed by atoms with Crippen LogP contribution >= 0.6 is 0 Å². The van der Waals surface area contributed by atoms with E-state index >= 15 is 0 Å². The summed E-state index contributed by atoms with van der Waals surface area (Å²) >= 11 is 0. The molecule has 1 aromatic rings. The maximum absolute atomic E-state index is 11.1. The minimum atomic E-state index is -2.95. The van der Waals surface area contributed by atoms with Crippen molar-refractivity contribution >= 4 is 9.84 Å². The Hall–Kier alpha value is -0.960. The Morgan fingerprint density at radius 3 is 2.84 bits per heavy atom. The molecule has 1 aromatic heterocycles. The predicted molar refractivity (Wildman–Crippen MR) is 69.3 cm³/mol. The molecule has 0 aromatic carbocycles. The normalized spacial score (nSPS) is 18.3. The second-order valence-electron chi connectivity index (χ2n) is 4.89. The van der Waals surface area contributed by atoms with Crippen LogP contribution in [0.4, 0.5) is 0 Å². The van der Waals surface area contributed by atoms with Crippen LogP contribution in [-0.4, -0.2) is 65.0 Å². The molecule has 8 heteroatoms. The van der Waals surface area contributed by atoms with E-state index < -0.39 is 15.9 Å². The van der Waals surface area contributed by atoms with Gasteiger partial charge in [0.05, 0.1) is 30.3 Å². The maximum Gasteiger partial charge on any atom is 0.148 e. The van der Waals surface area contributed by atoms with Crippen molar-refractivity contribution in [2.45, 2.75) is 19.2 Å². The highest BCUT2D eigenvalue weighted by Gasteiger charge is 2.21. The van der Waals surface area contributed by atoms with Gasteiger partial charge in [0.1, 0.15) is 15.9 Å². The number of rotatable bonds is 5. The van der Waals surface area contributed by atoms with Crippen LogP contribution in [0.1, 0.15) is 17.5 Å². The fourth-order valence-electron chi connectivity index (χ4n) is 2.09. The molecule has 2 heterocycles. The molecule has 19 heavy (non-hydrogen) atoms. The van der Waals surface area contributed by atoms with E-state index in [1.165, 1.54) is 6.26 Å². The van der Waals surface area contributed by atoms with Gasteiger partial charge in [-0.25, -0.2) is 8.42 Å². The first-order valence-corrected chi connectivity index (χ1v) is 8.21. The average Bonchev–Trinajstić information content (AvgIpc) is 2.77. The van der Waals surface area contributed by atoms with Gasteiger partial charge in [-0.3, -0.25) is 9.58 Å². The van der Waals surface area contributed by atoms with Crippen LogP contribution in [0.3, 0.4) is 0 Å².